The maximum Gasteiger partial charge on any atom is 0.249 e. The summed E-state index contributed by atoms with van der Waals surface area (Å²) in [4.78, 5) is 13.5. The van der Waals surface area contributed by atoms with E-state index in [-0.39, 0.29) is 36.0 Å². The van der Waals surface area contributed by atoms with Crippen molar-refractivity contribution in [3.63, 3.8) is 0 Å². The zero-order valence-electron chi connectivity index (χ0n) is 15.5. The van der Waals surface area contributed by atoms with E-state index in [9.17, 15) is 26.0 Å². The van der Waals surface area contributed by atoms with Crippen LogP contribution in [0.4, 0.5) is 4.39 Å². The Bertz CT molecular complexity index is 1110. The monoisotopic (exact) mass is 445 g/mol. The summed E-state index contributed by atoms with van der Waals surface area (Å²) in [6.45, 7) is -0.163. The van der Waals surface area contributed by atoms with Gasteiger partial charge in [-0.2, -0.15) is 0 Å². The fourth-order valence-electron chi connectivity index (χ4n) is 3.08. The predicted molar refractivity (Wildman–Crippen MR) is 99.4 cm³/mol. The molecular formula is C16H20FN5O5S2. The normalized spacial score (nSPS) is 16.1. The summed E-state index contributed by atoms with van der Waals surface area (Å²) in [7, 11) is -6.17. The van der Waals surface area contributed by atoms with Crippen LogP contribution in [0.15, 0.2) is 40.6 Å². The predicted octanol–water partition coefficient (Wildman–Crippen LogP) is -0.303. The lowest BCUT2D eigenvalue weighted by Crippen LogP contribution is -2.46. The van der Waals surface area contributed by atoms with Gasteiger partial charge in [-0.3, -0.25) is 4.79 Å². The number of likely N-dealkylation sites (tertiary alicyclic amines) is 1. The number of sulfone groups is 1. The number of hydrogen-bond acceptors (Lipinski definition) is 7. The van der Waals surface area contributed by atoms with Gasteiger partial charge in [0.2, 0.25) is 30.9 Å². The van der Waals surface area contributed by atoms with Gasteiger partial charge in [0, 0.05) is 20.1 Å². The lowest BCUT2D eigenvalue weighted by atomic mass is 10.1. The van der Waals surface area contributed by atoms with E-state index in [0.29, 0.717) is 0 Å². The highest BCUT2D eigenvalue weighted by molar-refractivity contribution is 7.91. The number of nitrogens with one attached hydrogen (secondary N) is 1. The number of benzene rings is 1. The average molecular weight is 445 g/mol. The largest absolute Gasteiger partial charge is 0.341 e. The molecule has 29 heavy (non-hydrogen) atoms. The van der Waals surface area contributed by atoms with Crippen LogP contribution in [0, 0.1) is 5.82 Å². The molecule has 0 radical (unpaired) electrons. The van der Waals surface area contributed by atoms with Gasteiger partial charge in [-0.25, -0.2) is 25.9 Å². The van der Waals surface area contributed by atoms with Crippen molar-refractivity contribution in [2.75, 3.05) is 19.6 Å². The topological polar surface area (TPSA) is 131 Å². The first-order valence-electron chi connectivity index (χ1n) is 8.72. The molecule has 1 fully saturated rings. The van der Waals surface area contributed by atoms with Gasteiger partial charge in [0.15, 0.2) is 0 Å². The van der Waals surface area contributed by atoms with Crippen LogP contribution in [-0.4, -0.2) is 67.3 Å². The van der Waals surface area contributed by atoms with Gasteiger partial charge in [-0.15, -0.1) is 10.2 Å². The summed E-state index contributed by atoms with van der Waals surface area (Å²) >= 11 is 0. The number of sulfonamides is 1. The number of hydrogen-bond donors (Lipinski definition) is 1. The Morgan fingerprint density at radius 3 is 2.52 bits per heavy atom. The van der Waals surface area contributed by atoms with Gasteiger partial charge in [-0.05, 0) is 31.0 Å². The number of aromatic nitrogens is 3. The second kappa shape index (κ2) is 8.16. The third kappa shape index (κ3) is 4.62. The van der Waals surface area contributed by atoms with E-state index >= 15 is 0 Å². The minimum atomic E-state index is -4.04. The molecule has 1 aromatic heterocycles. The number of halogens is 1. The fourth-order valence-corrected chi connectivity index (χ4v) is 5.83. The zero-order chi connectivity index (χ0) is 21.2. The summed E-state index contributed by atoms with van der Waals surface area (Å²) in [5.74, 6) is -1.19. The van der Waals surface area contributed by atoms with Crippen molar-refractivity contribution < 1.29 is 26.0 Å². The summed E-state index contributed by atoms with van der Waals surface area (Å²) in [6.07, 6.45) is 1.71. The van der Waals surface area contributed by atoms with Gasteiger partial charge >= 0.3 is 0 Å². The van der Waals surface area contributed by atoms with Crippen LogP contribution in [0.2, 0.25) is 0 Å². The van der Waals surface area contributed by atoms with E-state index in [1.807, 2.05) is 0 Å². The van der Waals surface area contributed by atoms with Crippen LogP contribution < -0.4 is 4.72 Å². The summed E-state index contributed by atoms with van der Waals surface area (Å²) in [5, 5.41) is 6.42. The van der Waals surface area contributed by atoms with Gasteiger partial charge in [0.25, 0.3) is 0 Å². The quantitative estimate of drug-likeness (QED) is 0.646. The maximum absolute atomic E-state index is 13.2. The first-order valence-corrected chi connectivity index (χ1v) is 11.7. The first-order chi connectivity index (χ1) is 13.6. The molecule has 1 N–H and O–H groups in total. The van der Waals surface area contributed by atoms with Crippen molar-refractivity contribution in [3.8, 4) is 0 Å². The van der Waals surface area contributed by atoms with Crippen molar-refractivity contribution in [2.24, 2.45) is 7.05 Å². The van der Waals surface area contributed by atoms with Gasteiger partial charge in [0.1, 0.15) is 12.1 Å². The number of rotatable bonds is 6. The molecule has 0 aliphatic carbocycles. The molecule has 1 aromatic carbocycles. The van der Waals surface area contributed by atoms with Crippen LogP contribution in [-0.2, 0) is 31.7 Å². The molecule has 13 heteroatoms. The first kappa shape index (κ1) is 21.3. The molecule has 0 unspecified atom stereocenters. The highest BCUT2D eigenvalue weighted by atomic mass is 32.2. The second-order valence-corrected chi connectivity index (χ2v) is 10.5. The molecular weight excluding hydrogens is 425 g/mol. The minimum absolute atomic E-state index is 0.120. The lowest BCUT2D eigenvalue weighted by molar-refractivity contribution is -0.130. The third-order valence-corrected chi connectivity index (χ3v) is 8.30. The molecule has 1 aliphatic heterocycles. The standard InChI is InChI=1S/C16H20FN5O5S2/c1-21-11-18-20-16(21)28(24,25)13-5-7-22(8-6-13)15(23)10-19-29(26,27)14-4-2-3-12(17)9-14/h2-4,9,11,13,19H,5-8,10H2,1H3. The van der Waals surface area contributed by atoms with E-state index in [4.69, 9.17) is 0 Å². The Labute approximate surface area is 167 Å². The molecule has 0 atom stereocenters. The van der Waals surface area contributed by atoms with Gasteiger partial charge in [0.05, 0.1) is 16.7 Å². The summed E-state index contributed by atoms with van der Waals surface area (Å²) in [6, 6.07) is 4.45. The van der Waals surface area contributed by atoms with E-state index in [1.165, 1.54) is 35.0 Å². The van der Waals surface area contributed by atoms with Crippen molar-refractivity contribution in [2.45, 2.75) is 28.1 Å². The van der Waals surface area contributed by atoms with E-state index in [2.05, 4.69) is 14.9 Å². The number of aryl methyl sites for hydroxylation is 1. The number of piperidine rings is 1. The van der Waals surface area contributed by atoms with Crippen LogP contribution in [0.1, 0.15) is 12.8 Å². The molecule has 1 amide bonds. The zero-order valence-corrected chi connectivity index (χ0v) is 17.2. The Hall–Kier alpha value is -2.38. The molecule has 1 saturated heterocycles. The molecule has 158 valence electrons. The van der Waals surface area contributed by atoms with E-state index < -0.39 is 43.4 Å². The SMILES string of the molecule is Cn1cnnc1S(=O)(=O)C1CCN(C(=O)CNS(=O)(=O)c2cccc(F)c2)CC1. The molecule has 1 aliphatic rings. The Kier molecular flexibility index (Phi) is 6.00. The van der Waals surface area contributed by atoms with Crippen molar-refractivity contribution >= 4 is 25.8 Å². The minimum Gasteiger partial charge on any atom is -0.341 e. The number of amides is 1. The molecule has 0 bridgehead atoms. The van der Waals surface area contributed by atoms with Gasteiger partial charge < -0.3 is 9.47 Å². The smallest absolute Gasteiger partial charge is 0.249 e. The van der Waals surface area contributed by atoms with Crippen molar-refractivity contribution in [1.82, 2.24) is 24.4 Å². The number of nitrogens with zero attached hydrogens (tertiary/aromatic N) is 4. The third-order valence-electron chi connectivity index (χ3n) is 4.68. The molecule has 2 heterocycles. The second-order valence-electron chi connectivity index (χ2n) is 6.63. The van der Waals surface area contributed by atoms with Crippen LogP contribution in [0.5, 0.6) is 0 Å². The molecule has 0 spiro atoms. The van der Waals surface area contributed by atoms with Crippen LogP contribution in [0.3, 0.4) is 0 Å². The number of carbonyl (C=O) groups is 1. The Balaban J connectivity index is 1.57. The lowest BCUT2D eigenvalue weighted by Gasteiger charge is -2.31. The summed E-state index contributed by atoms with van der Waals surface area (Å²) < 4.78 is 66.3. The molecule has 2 aromatic rings. The van der Waals surface area contributed by atoms with E-state index in [0.717, 1.165) is 12.1 Å². The molecule has 3 rings (SSSR count). The number of carbonyl (C=O) groups excluding carboxylic acids is 1. The van der Waals surface area contributed by atoms with Gasteiger partial charge in [-0.1, -0.05) is 6.07 Å². The highest BCUT2D eigenvalue weighted by Gasteiger charge is 2.35. The Morgan fingerprint density at radius 2 is 1.93 bits per heavy atom. The molecule has 0 saturated carbocycles. The van der Waals surface area contributed by atoms with Crippen LogP contribution >= 0.6 is 0 Å². The van der Waals surface area contributed by atoms with Crippen molar-refractivity contribution in [1.29, 1.82) is 0 Å². The summed E-state index contributed by atoms with van der Waals surface area (Å²) in [5.41, 5.74) is 0. The van der Waals surface area contributed by atoms with Crippen LogP contribution in [0.25, 0.3) is 0 Å². The highest BCUT2D eigenvalue weighted by Crippen LogP contribution is 2.23. The van der Waals surface area contributed by atoms with Crippen molar-refractivity contribution in [3.05, 3.63) is 36.4 Å². The molecule has 10 nitrogen and oxygen atoms in total. The average Bonchev–Trinajstić information content (AvgIpc) is 3.13. The maximum atomic E-state index is 13.2. The van der Waals surface area contributed by atoms with E-state index in [1.54, 1.807) is 0 Å². The Morgan fingerprint density at radius 1 is 1.24 bits per heavy atom. The fraction of sp³-hybridized carbons (Fsp3) is 0.438.